The van der Waals surface area contributed by atoms with E-state index in [2.05, 4.69) is 19.2 Å². The first-order chi connectivity index (χ1) is 10.6. The highest BCUT2D eigenvalue weighted by atomic mass is 16.5. The molecule has 0 unspecified atom stereocenters. The van der Waals surface area contributed by atoms with Gasteiger partial charge in [0.05, 0.1) is 7.11 Å². The van der Waals surface area contributed by atoms with Crippen molar-refractivity contribution in [2.75, 3.05) is 14.2 Å². The molecule has 3 nitrogen and oxygen atoms in total. The summed E-state index contributed by atoms with van der Waals surface area (Å²) in [6.07, 6.45) is 8.84. The van der Waals surface area contributed by atoms with E-state index >= 15 is 0 Å². The van der Waals surface area contributed by atoms with E-state index in [1.807, 2.05) is 30.3 Å². The molecule has 1 N–H and O–H groups in total. The maximum absolute atomic E-state index is 11.2. The second-order valence-corrected chi connectivity index (χ2v) is 5.24. The maximum Gasteiger partial charge on any atom is 0.246 e. The number of hydrogen-bond donors (Lipinski definition) is 1. The molecule has 1 aromatic carbocycles. The van der Waals surface area contributed by atoms with E-state index in [9.17, 15) is 4.79 Å². The zero-order valence-corrected chi connectivity index (χ0v) is 14.7. The van der Waals surface area contributed by atoms with Crippen molar-refractivity contribution < 1.29 is 9.53 Å². The van der Waals surface area contributed by atoms with Crippen molar-refractivity contribution in [2.24, 2.45) is 0 Å². The lowest BCUT2D eigenvalue weighted by Gasteiger charge is -2.01. The normalized spacial score (nSPS) is 10.5. The molecule has 0 radical (unpaired) electrons. The van der Waals surface area contributed by atoms with E-state index in [4.69, 9.17) is 4.74 Å². The van der Waals surface area contributed by atoms with E-state index in [0.717, 1.165) is 11.3 Å². The third-order valence-corrected chi connectivity index (χ3v) is 3.29. The molecule has 0 saturated heterocycles. The molecule has 1 aromatic rings. The van der Waals surface area contributed by atoms with Gasteiger partial charge < -0.3 is 10.1 Å². The van der Waals surface area contributed by atoms with Gasteiger partial charge in [-0.2, -0.15) is 0 Å². The zero-order valence-electron chi connectivity index (χ0n) is 14.7. The Morgan fingerprint density at radius 1 is 1.09 bits per heavy atom. The first-order valence-electron chi connectivity index (χ1n) is 8.13. The molecule has 0 heterocycles. The van der Waals surface area contributed by atoms with Crippen LogP contribution in [0.5, 0.6) is 5.75 Å². The lowest BCUT2D eigenvalue weighted by atomic mass is 10.1. The summed E-state index contributed by atoms with van der Waals surface area (Å²) in [5.74, 6) is 0.746. The molecule has 1 amide bonds. The van der Waals surface area contributed by atoms with Crippen molar-refractivity contribution in [2.45, 2.75) is 52.9 Å². The van der Waals surface area contributed by atoms with E-state index < -0.39 is 0 Å². The number of nitrogens with one attached hydrogen (secondary N) is 1. The molecule has 124 valence electrons. The molecule has 0 aliphatic carbocycles. The predicted molar refractivity (Wildman–Crippen MR) is 95.1 cm³/mol. The van der Waals surface area contributed by atoms with Gasteiger partial charge in [-0.25, -0.2) is 0 Å². The number of unbranched alkanes of at least 4 members (excludes halogenated alkanes) is 4. The van der Waals surface area contributed by atoms with Crippen molar-refractivity contribution >= 4 is 12.0 Å². The van der Waals surface area contributed by atoms with E-state index in [1.165, 1.54) is 32.1 Å². The van der Waals surface area contributed by atoms with Crippen molar-refractivity contribution in [3.05, 3.63) is 35.4 Å². The minimum Gasteiger partial charge on any atom is -0.497 e. The van der Waals surface area contributed by atoms with Crippen LogP contribution < -0.4 is 10.1 Å². The van der Waals surface area contributed by atoms with Crippen molar-refractivity contribution in [3.8, 4) is 5.75 Å². The third-order valence-electron chi connectivity index (χ3n) is 3.29. The summed E-state index contributed by atoms with van der Waals surface area (Å²) in [4.78, 5) is 11.2. The van der Waals surface area contributed by atoms with Crippen LogP contribution in [0.2, 0.25) is 0 Å². The molecular formula is C19H31NO2. The molecule has 3 heteroatoms. The highest BCUT2D eigenvalue weighted by molar-refractivity contribution is 5.96. The van der Waals surface area contributed by atoms with Crippen LogP contribution in [0.15, 0.2) is 29.8 Å². The Morgan fingerprint density at radius 2 is 1.64 bits per heavy atom. The summed E-state index contributed by atoms with van der Waals surface area (Å²) in [7, 11) is 3.24. The SMILES string of the molecule is CCCCCCC.CNC(=O)/C(C)=C/c1ccc(OC)cc1. The van der Waals surface area contributed by atoms with Crippen molar-refractivity contribution in [1.82, 2.24) is 5.32 Å². The van der Waals surface area contributed by atoms with Gasteiger partial charge in [0.1, 0.15) is 5.75 Å². The Morgan fingerprint density at radius 3 is 2.05 bits per heavy atom. The highest BCUT2D eigenvalue weighted by Crippen LogP contribution is 2.13. The molecule has 0 aliphatic rings. The van der Waals surface area contributed by atoms with Crippen LogP contribution in [0, 0.1) is 0 Å². The Labute approximate surface area is 135 Å². The smallest absolute Gasteiger partial charge is 0.246 e. The Balaban J connectivity index is 0.000000534. The van der Waals surface area contributed by atoms with Gasteiger partial charge in [0.15, 0.2) is 0 Å². The minimum atomic E-state index is -0.0641. The number of carbonyl (C=O) groups excluding carboxylic acids is 1. The third kappa shape index (κ3) is 9.22. The Kier molecular flexibility index (Phi) is 11.9. The van der Waals surface area contributed by atoms with Crippen LogP contribution in [0.25, 0.3) is 6.08 Å². The number of hydrogen-bond acceptors (Lipinski definition) is 2. The molecule has 0 bridgehead atoms. The number of amides is 1. The van der Waals surface area contributed by atoms with Gasteiger partial charge in [-0.15, -0.1) is 0 Å². The zero-order chi connectivity index (χ0) is 16.8. The minimum absolute atomic E-state index is 0.0641. The van der Waals surface area contributed by atoms with E-state index in [-0.39, 0.29) is 5.91 Å². The van der Waals surface area contributed by atoms with Crippen LogP contribution >= 0.6 is 0 Å². The fraction of sp³-hybridized carbons (Fsp3) is 0.526. The second kappa shape index (κ2) is 12.9. The van der Waals surface area contributed by atoms with Gasteiger partial charge in [-0.05, 0) is 30.7 Å². The van der Waals surface area contributed by atoms with Crippen LogP contribution in [0.3, 0.4) is 0 Å². The molecule has 1 rings (SSSR count). The summed E-state index contributed by atoms with van der Waals surface area (Å²) >= 11 is 0. The Hall–Kier alpha value is -1.77. The quantitative estimate of drug-likeness (QED) is 0.579. The maximum atomic E-state index is 11.2. The van der Waals surface area contributed by atoms with Gasteiger partial charge in [-0.3, -0.25) is 4.79 Å². The molecule has 0 aromatic heterocycles. The molecule has 0 fully saturated rings. The van der Waals surface area contributed by atoms with Gasteiger partial charge in [0.25, 0.3) is 0 Å². The fourth-order valence-electron chi connectivity index (χ4n) is 1.89. The molecule has 22 heavy (non-hydrogen) atoms. The molecule has 0 saturated carbocycles. The van der Waals surface area contributed by atoms with Crippen LogP contribution in [-0.4, -0.2) is 20.1 Å². The second-order valence-electron chi connectivity index (χ2n) is 5.24. The average Bonchev–Trinajstić information content (AvgIpc) is 2.56. The number of methoxy groups -OCH3 is 1. The predicted octanol–water partition coefficient (Wildman–Crippen LogP) is 4.82. The fourth-order valence-corrected chi connectivity index (χ4v) is 1.89. The molecular weight excluding hydrogens is 274 g/mol. The lowest BCUT2D eigenvalue weighted by Crippen LogP contribution is -2.18. The lowest BCUT2D eigenvalue weighted by molar-refractivity contribution is -0.116. The summed E-state index contributed by atoms with van der Waals surface area (Å²) in [5.41, 5.74) is 1.67. The molecule has 0 aliphatic heterocycles. The molecule has 0 atom stereocenters. The van der Waals surface area contributed by atoms with Crippen LogP contribution in [-0.2, 0) is 4.79 Å². The number of ether oxygens (including phenoxy) is 1. The van der Waals surface area contributed by atoms with E-state index in [0.29, 0.717) is 5.57 Å². The number of likely N-dealkylation sites (N-methyl/N-ethyl adjacent to an activating group) is 1. The first kappa shape index (κ1) is 20.2. The van der Waals surface area contributed by atoms with Gasteiger partial charge in [0.2, 0.25) is 5.91 Å². The summed E-state index contributed by atoms with van der Waals surface area (Å²) in [5, 5.41) is 2.58. The number of rotatable bonds is 7. The van der Waals surface area contributed by atoms with Gasteiger partial charge >= 0.3 is 0 Å². The van der Waals surface area contributed by atoms with Gasteiger partial charge in [0, 0.05) is 12.6 Å². The van der Waals surface area contributed by atoms with Gasteiger partial charge in [-0.1, -0.05) is 58.1 Å². The standard InChI is InChI=1S/C12H15NO2.C7H16/c1-9(12(14)13-2)8-10-4-6-11(15-3)7-5-10;1-3-5-7-6-4-2/h4-8H,1-3H3,(H,13,14);3-7H2,1-2H3/b9-8+;. The van der Waals surface area contributed by atoms with Crippen LogP contribution in [0.4, 0.5) is 0 Å². The highest BCUT2D eigenvalue weighted by Gasteiger charge is 2.00. The summed E-state index contributed by atoms with van der Waals surface area (Å²) in [6, 6.07) is 7.54. The number of carbonyl (C=O) groups is 1. The van der Waals surface area contributed by atoms with Crippen LogP contribution in [0.1, 0.15) is 58.4 Å². The summed E-state index contributed by atoms with van der Waals surface area (Å²) in [6.45, 7) is 6.27. The first-order valence-corrected chi connectivity index (χ1v) is 8.13. The average molecular weight is 305 g/mol. The topological polar surface area (TPSA) is 38.3 Å². The monoisotopic (exact) mass is 305 g/mol. The van der Waals surface area contributed by atoms with E-state index in [1.54, 1.807) is 21.1 Å². The van der Waals surface area contributed by atoms with Crippen molar-refractivity contribution in [3.63, 3.8) is 0 Å². The van der Waals surface area contributed by atoms with Crippen molar-refractivity contribution in [1.29, 1.82) is 0 Å². The Bertz CT molecular complexity index is 431. The largest absolute Gasteiger partial charge is 0.497 e. The number of benzene rings is 1. The molecule has 0 spiro atoms. The summed E-state index contributed by atoms with van der Waals surface area (Å²) < 4.78 is 5.04.